The van der Waals surface area contributed by atoms with Gasteiger partial charge in [0.25, 0.3) is 5.91 Å². The number of hydrogen-bond acceptors (Lipinski definition) is 6. The minimum absolute atomic E-state index is 0.0191. The van der Waals surface area contributed by atoms with E-state index in [1.54, 1.807) is 41.0 Å². The topological polar surface area (TPSA) is 110 Å². The van der Waals surface area contributed by atoms with Crippen LogP contribution in [0.4, 0.5) is 19.0 Å². The molecule has 234 valence electrons. The van der Waals surface area contributed by atoms with Gasteiger partial charge in [-0.3, -0.25) is 9.10 Å². The van der Waals surface area contributed by atoms with Crippen molar-refractivity contribution in [2.75, 3.05) is 31.3 Å². The summed E-state index contributed by atoms with van der Waals surface area (Å²) in [5, 5.41) is 3.20. The number of nitrogens with one attached hydrogen (secondary N) is 1. The molecule has 7 rings (SSSR count). The van der Waals surface area contributed by atoms with Crippen molar-refractivity contribution in [2.45, 2.75) is 12.5 Å². The van der Waals surface area contributed by atoms with E-state index < -0.39 is 40.3 Å². The highest BCUT2D eigenvalue weighted by Crippen LogP contribution is 2.43. The van der Waals surface area contributed by atoms with Crippen molar-refractivity contribution >= 4 is 43.8 Å². The summed E-state index contributed by atoms with van der Waals surface area (Å²) in [4.78, 5) is 22.7. The van der Waals surface area contributed by atoms with Crippen molar-refractivity contribution in [3.05, 3.63) is 89.5 Å². The Morgan fingerprint density at radius 2 is 1.83 bits per heavy atom. The second-order valence-electron chi connectivity index (χ2n) is 11.1. The summed E-state index contributed by atoms with van der Waals surface area (Å²) in [5.41, 5.74) is 3.36. The van der Waals surface area contributed by atoms with Crippen molar-refractivity contribution in [1.29, 1.82) is 0 Å². The zero-order valence-electron chi connectivity index (χ0n) is 24.8. The highest BCUT2D eigenvalue weighted by atomic mass is 32.2. The third-order valence-corrected chi connectivity index (χ3v) is 9.51. The number of amides is 1. The average molecular weight is 646 g/mol. The fourth-order valence-corrected chi connectivity index (χ4v) is 6.49. The molecule has 1 unspecified atom stereocenters. The molecule has 0 spiro atoms. The number of aromatic nitrogens is 3. The normalized spacial score (nSPS) is 14.3. The van der Waals surface area contributed by atoms with E-state index in [2.05, 4.69) is 10.3 Å². The molecule has 6 aromatic rings. The van der Waals surface area contributed by atoms with Crippen LogP contribution in [0.25, 0.3) is 56.0 Å². The molecule has 0 bridgehead atoms. The second kappa shape index (κ2) is 10.7. The van der Waals surface area contributed by atoms with E-state index in [0.717, 1.165) is 16.1 Å². The van der Waals surface area contributed by atoms with Crippen LogP contribution in [-0.2, 0) is 16.4 Å². The predicted molar refractivity (Wildman–Crippen MR) is 169 cm³/mol. The van der Waals surface area contributed by atoms with E-state index in [1.807, 2.05) is 0 Å². The molecule has 1 aliphatic rings. The molecule has 0 radical (unpaired) electrons. The van der Waals surface area contributed by atoms with Crippen LogP contribution in [-0.4, -0.2) is 55.9 Å². The number of nitrogens with zero attached hydrogens (tertiary/aromatic N) is 4. The van der Waals surface area contributed by atoms with Crippen LogP contribution in [0, 0.1) is 11.6 Å². The zero-order valence-corrected chi connectivity index (χ0v) is 25.6. The van der Waals surface area contributed by atoms with Gasteiger partial charge < -0.3 is 14.3 Å². The number of rotatable bonds is 6. The van der Waals surface area contributed by atoms with Gasteiger partial charge in [0.15, 0.2) is 5.82 Å². The summed E-state index contributed by atoms with van der Waals surface area (Å²) in [6, 6.07) is 16.1. The molecule has 0 saturated heterocycles. The maximum Gasteiger partial charge on any atom is 0.255 e. The van der Waals surface area contributed by atoms with Crippen LogP contribution in [0.2, 0.25) is 0 Å². The highest BCUT2D eigenvalue weighted by Gasteiger charge is 2.31. The number of anilines is 1. The molecule has 1 N–H and O–H groups in total. The molecule has 1 atom stereocenters. The quantitative estimate of drug-likeness (QED) is 0.228. The first-order valence-electron chi connectivity index (χ1n) is 14.3. The second-order valence-corrected chi connectivity index (χ2v) is 13.1. The van der Waals surface area contributed by atoms with E-state index in [0.29, 0.717) is 40.0 Å². The first-order valence-corrected chi connectivity index (χ1v) is 16.1. The molecule has 0 saturated carbocycles. The zero-order chi connectivity index (χ0) is 32.5. The Morgan fingerprint density at radius 1 is 1.07 bits per heavy atom. The summed E-state index contributed by atoms with van der Waals surface area (Å²) in [6.45, 7) is -0.669. The summed E-state index contributed by atoms with van der Waals surface area (Å²) in [5.74, 6) is -1.32. The smallest absolute Gasteiger partial charge is 0.255 e. The highest BCUT2D eigenvalue weighted by molar-refractivity contribution is 7.92. The first kappa shape index (κ1) is 29.5. The van der Waals surface area contributed by atoms with E-state index in [4.69, 9.17) is 9.40 Å². The van der Waals surface area contributed by atoms with Gasteiger partial charge >= 0.3 is 0 Å². The third-order valence-electron chi connectivity index (χ3n) is 8.35. The van der Waals surface area contributed by atoms with Crippen LogP contribution >= 0.6 is 0 Å². The number of benzene rings is 2. The standard InChI is InChI=1S/C33H26F3N5O4S/c1-37-32(42)28-23-14-22(31(40(2)46(3,43)44)39-33(23)45-30(28)17-7-10-19(35)11-8-17)25-12-9-18-13-20(16-34)41-26-6-4-5-24(36)21(26)15-27(41)29(18)38-25/h4-12,14-15,20H,13,16H2,1-3H3,(H,37,42). The maximum absolute atomic E-state index is 14.8. The van der Waals surface area contributed by atoms with Gasteiger partial charge in [-0.05, 0) is 66.6 Å². The average Bonchev–Trinajstić information content (AvgIpc) is 3.63. The van der Waals surface area contributed by atoms with Crippen LogP contribution in [0.1, 0.15) is 22.0 Å². The molecule has 9 nitrogen and oxygen atoms in total. The molecule has 2 aromatic carbocycles. The Morgan fingerprint density at radius 3 is 2.52 bits per heavy atom. The van der Waals surface area contributed by atoms with Gasteiger partial charge in [-0.25, -0.2) is 26.6 Å². The Balaban J connectivity index is 1.50. The number of furan rings is 1. The first-order chi connectivity index (χ1) is 22.0. The van der Waals surface area contributed by atoms with Gasteiger partial charge in [-0.15, -0.1) is 0 Å². The molecular formula is C33H26F3N5O4S. The number of hydrogen-bond donors (Lipinski definition) is 1. The number of alkyl halides is 1. The molecular weight excluding hydrogens is 619 g/mol. The number of halogens is 3. The monoisotopic (exact) mass is 645 g/mol. The van der Waals surface area contributed by atoms with Gasteiger partial charge in [0.1, 0.15) is 24.1 Å². The van der Waals surface area contributed by atoms with Gasteiger partial charge in [0.2, 0.25) is 15.7 Å². The number of carbonyl (C=O) groups excluding carboxylic acids is 1. The molecule has 13 heteroatoms. The largest absolute Gasteiger partial charge is 0.437 e. The SMILES string of the molecule is CNC(=O)c1c(-c2ccc(F)cc2)oc2nc(N(C)S(C)(=O)=O)c(-c3ccc4c(n3)-c3cc5c(F)cccc5n3C(CF)C4)cc12. The Labute approximate surface area is 261 Å². The lowest BCUT2D eigenvalue weighted by Gasteiger charge is -2.27. The van der Waals surface area contributed by atoms with Crippen molar-refractivity contribution in [1.82, 2.24) is 19.9 Å². The van der Waals surface area contributed by atoms with Gasteiger partial charge in [-0.2, -0.15) is 4.98 Å². The molecule has 0 fully saturated rings. The fourth-order valence-electron chi connectivity index (χ4n) is 6.04. The van der Waals surface area contributed by atoms with Crippen LogP contribution in [0.5, 0.6) is 0 Å². The Hall–Kier alpha value is -5.17. The molecule has 0 aliphatic carbocycles. The summed E-state index contributed by atoms with van der Waals surface area (Å²) in [6.07, 6.45) is 1.33. The molecule has 1 amide bonds. The van der Waals surface area contributed by atoms with Crippen LogP contribution in [0.3, 0.4) is 0 Å². The maximum atomic E-state index is 14.8. The van der Waals surface area contributed by atoms with Crippen molar-refractivity contribution < 1.29 is 30.8 Å². The van der Waals surface area contributed by atoms with Gasteiger partial charge in [0, 0.05) is 30.6 Å². The Kier molecular flexibility index (Phi) is 6.89. The lowest BCUT2D eigenvalue weighted by molar-refractivity contribution is 0.0964. The minimum atomic E-state index is -3.84. The summed E-state index contributed by atoms with van der Waals surface area (Å²) < 4.78 is 77.2. The Bertz CT molecular complexity index is 2320. The molecule has 1 aliphatic heterocycles. The number of sulfonamides is 1. The third kappa shape index (κ3) is 4.61. The summed E-state index contributed by atoms with van der Waals surface area (Å²) in [7, 11) is -1.06. The van der Waals surface area contributed by atoms with Gasteiger partial charge in [0.05, 0.1) is 45.8 Å². The predicted octanol–water partition coefficient (Wildman–Crippen LogP) is 6.28. The van der Waals surface area contributed by atoms with E-state index in [-0.39, 0.29) is 33.8 Å². The van der Waals surface area contributed by atoms with Crippen LogP contribution < -0.4 is 9.62 Å². The van der Waals surface area contributed by atoms with E-state index in [9.17, 15) is 26.4 Å². The van der Waals surface area contributed by atoms with Crippen molar-refractivity contribution in [2.24, 2.45) is 0 Å². The number of pyridine rings is 2. The van der Waals surface area contributed by atoms with E-state index in [1.165, 1.54) is 44.4 Å². The fraction of sp³-hybridized carbons (Fsp3) is 0.182. The van der Waals surface area contributed by atoms with E-state index >= 15 is 0 Å². The number of carbonyl (C=O) groups is 1. The number of fused-ring (bicyclic) bond motifs is 6. The molecule has 4 aromatic heterocycles. The van der Waals surface area contributed by atoms with Crippen LogP contribution in [0.15, 0.2) is 71.1 Å². The summed E-state index contributed by atoms with van der Waals surface area (Å²) >= 11 is 0. The minimum Gasteiger partial charge on any atom is -0.437 e. The molecule has 5 heterocycles. The van der Waals surface area contributed by atoms with Gasteiger partial charge in [-0.1, -0.05) is 12.1 Å². The lowest BCUT2D eigenvalue weighted by atomic mass is 9.97. The van der Waals surface area contributed by atoms with Crippen molar-refractivity contribution in [3.8, 4) is 34.0 Å². The lowest BCUT2D eigenvalue weighted by Crippen LogP contribution is -2.26. The van der Waals surface area contributed by atoms with Crippen molar-refractivity contribution in [3.63, 3.8) is 0 Å². The molecule has 46 heavy (non-hydrogen) atoms.